The highest BCUT2D eigenvalue weighted by Crippen LogP contribution is 2.30. The third-order valence-corrected chi connectivity index (χ3v) is 6.42. The van der Waals surface area contributed by atoms with Crippen LogP contribution in [-0.4, -0.2) is 34.2 Å². The maximum Gasteiger partial charge on any atom is 0.333 e. The van der Waals surface area contributed by atoms with E-state index in [1.54, 1.807) is 19.2 Å². The van der Waals surface area contributed by atoms with Gasteiger partial charge in [-0.25, -0.2) is 21.5 Å². The van der Waals surface area contributed by atoms with E-state index in [0.29, 0.717) is 22.4 Å². The van der Waals surface area contributed by atoms with Crippen LogP contribution in [0.5, 0.6) is 0 Å². The lowest BCUT2D eigenvalue weighted by Crippen LogP contribution is -2.14. The van der Waals surface area contributed by atoms with Crippen LogP contribution in [0.25, 0.3) is 22.4 Å². The molecule has 0 atom stereocenters. The van der Waals surface area contributed by atoms with Crippen molar-refractivity contribution in [1.29, 1.82) is 0 Å². The topological polar surface area (TPSA) is 81.8 Å². The average molecular weight is 461 g/mol. The van der Waals surface area contributed by atoms with Crippen molar-refractivity contribution in [3.8, 4) is 22.4 Å². The van der Waals surface area contributed by atoms with Crippen molar-refractivity contribution in [3.05, 3.63) is 78.8 Å². The molecule has 1 aromatic carbocycles. The number of pyridine rings is 1. The molecule has 4 rings (SSSR count). The van der Waals surface area contributed by atoms with E-state index in [1.807, 2.05) is 0 Å². The van der Waals surface area contributed by atoms with Crippen molar-refractivity contribution in [1.82, 2.24) is 24.1 Å². The molecule has 0 spiro atoms. The number of hydrogen-bond donors (Lipinski definition) is 1. The number of halogens is 3. The molecular formula is C21H18F3N5O2S. The minimum Gasteiger partial charge on any atom is -0.316 e. The first-order valence-electron chi connectivity index (χ1n) is 9.45. The Morgan fingerprint density at radius 3 is 2.53 bits per heavy atom. The molecule has 0 unspecified atom stereocenters. The molecule has 0 saturated heterocycles. The average Bonchev–Trinajstić information content (AvgIpc) is 3.43. The molecule has 0 bridgehead atoms. The van der Waals surface area contributed by atoms with Gasteiger partial charge in [0.25, 0.3) is 10.0 Å². The molecule has 32 heavy (non-hydrogen) atoms. The Morgan fingerprint density at radius 1 is 1.06 bits per heavy atom. The van der Waals surface area contributed by atoms with Gasteiger partial charge in [-0.1, -0.05) is 12.1 Å². The second-order valence-corrected chi connectivity index (χ2v) is 8.76. The Bertz CT molecular complexity index is 1370. The van der Waals surface area contributed by atoms with Crippen LogP contribution < -0.4 is 5.32 Å². The van der Waals surface area contributed by atoms with Gasteiger partial charge in [0, 0.05) is 48.0 Å². The van der Waals surface area contributed by atoms with Crippen molar-refractivity contribution in [2.75, 3.05) is 7.05 Å². The lowest BCUT2D eigenvalue weighted by Gasteiger charge is -2.12. The molecule has 0 aliphatic heterocycles. The third kappa shape index (κ3) is 4.04. The maximum atomic E-state index is 14.5. The van der Waals surface area contributed by atoms with Gasteiger partial charge in [0.1, 0.15) is 10.7 Å². The molecule has 0 fully saturated rings. The van der Waals surface area contributed by atoms with Crippen LogP contribution in [0.15, 0.2) is 72.3 Å². The molecule has 0 aliphatic rings. The van der Waals surface area contributed by atoms with Gasteiger partial charge in [0.2, 0.25) is 0 Å². The zero-order chi connectivity index (χ0) is 22.9. The van der Waals surface area contributed by atoms with E-state index >= 15 is 0 Å². The molecule has 0 amide bonds. The predicted molar refractivity (Wildman–Crippen MR) is 112 cm³/mol. The van der Waals surface area contributed by atoms with E-state index in [1.165, 1.54) is 42.9 Å². The first-order chi connectivity index (χ1) is 15.3. The molecule has 1 N–H and O–H groups in total. The number of nitrogens with one attached hydrogen (secondary N) is 1. The monoisotopic (exact) mass is 461 g/mol. The fraction of sp³-hybridized carbons (Fsp3) is 0.143. The maximum absolute atomic E-state index is 14.5. The summed E-state index contributed by atoms with van der Waals surface area (Å²) in [4.78, 5) is 3.79. The summed E-state index contributed by atoms with van der Waals surface area (Å²) in [7, 11) is -2.48. The van der Waals surface area contributed by atoms with Gasteiger partial charge in [-0.2, -0.15) is 13.9 Å². The van der Waals surface area contributed by atoms with Crippen LogP contribution >= 0.6 is 0 Å². The number of benzene rings is 1. The summed E-state index contributed by atoms with van der Waals surface area (Å²) < 4.78 is 68.6. The van der Waals surface area contributed by atoms with Crippen LogP contribution in [0.4, 0.5) is 13.2 Å². The molecule has 166 valence electrons. The lowest BCUT2D eigenvalue weighted by atomic mass is 10.1. The minimum atomic E-state index is -4.19. The normalized spacial score (nSPS) is 11.9. The van der Waals surface area contributed by atoms with Crippen LogP contribution in [0.1, 0.15) is 12.1 Å². The molecule has 0 aliphatic carbocycles. The van der Waals surface area contributed by atoms with Crippen molar-refractivity contribution < 1.29 is 21.6 Å². The second-order valence-electron chi connectivity index (χ2n) is 6.94. The molecule has 3 aromatic heterocycles. The van der Waals surface area contributed by atoms with Crippen molar-refractivity contribution >= 4 is 10.0 Å². The first kappa shape index (κ1) is 21.8. The number of hydrogen-bond acceptors (Lipinski definition) is 5. The Kier molecular flexibility index (Phi) is 5.85. The number of aromatic nitrogens is 4. The molecule has 7 nitrogen and oxygen atoms in total. The summed E-state index contributed by atoms with van der Waals surface area (Å²) in [5.41, 5.74) is 1.50. The smallest absolute Gasteiger partial charge is 0.316 e. The Balaban J connectivity index is 1.83. The van der Waals surface area contributed by atoms with E-state index in [0.717, 1.165) is 16.4 Å². The van der Waals surface area contributed by atoms with Gasteiger partial charge in [0.05, 0.1) is 11.9 Å². The largest absolute Gasteiger partial charge is 0.333 e. The van der Waals surface area contributed by atoms with Gasteiger partial charge >= 0.3 is 6.55 Å². The SMILES string of the molecule is CNCc1cc(-c2ccccc2F)n(S(=O)(=O)c2cncc(-c3cnn(C(F)F)c3)c2)c1. The van der Waals surface area contributed by atoms with Crippen LogP contribution in [-0.2, 0) is 16.6 Å². The van der Waals surface area contributed by atoms with Crippen LogP contribution in [0.2, 0.25) is 0 Å². The van der Waals surface area contributed by atoms with Gasteiger partial charge in [-0.3, -0.25) is 4.98 Å². The second kappa shape index (κ2) is 8.60. The summed E-state index contributed by atoms with van der Waals surface area (Å²) >= 11 is 0. The zero-order valence-corrected chi connectivity index (χ0v) is 17.6. The quantitative estimate of drug-likeness (QED) is 0.451. The summed E-state index contributed by atoms with van der Waals surface area (Å²) in [6.45, 7) is -2.45. The Hall–Kier alpha value is -3.44. The van der Waals surface area contributed by atoms with Gasteiger partial charge in [0.15, 0.2) is 0 Å². The minimum absolute atomic E-state index is 0.126. The lowest BCUT2D eigenvalue weighted by molar-refractivity contribution is 0.0566. The number of nitrogens with zero attached hydrogens (tertiary/aromatic N) is 4. The predicted octanol–water partition coefficient (Wildman–Crippen LogP) is 3.90. The molecule has 0 radical (unpaired) electrons. The fourth-order valence-corrected chi connectivity index (χ4v) is 4.67. The highest BCUT2D eigenvalue weighted by atomic mass is 32.2. The molecular weight excluding hydrogens is 443 g/mol. The molecule has 0 saturated carbocycles. The third-order valence-electron chi connectivity index (χ3n) is 4.78. The number of alkyl halides is 2. The first-order valence-corrected chi connectivity index (χ1v) is 10.9. The van der Waals surface area contributed by atoms with Gasteiger partial charge in [-0.15, -0.1) is 0 Å². The Morgan fingerprint density at radius 2 is 1.84 bits per heavy atom. The highest BCUT2D eigenvalue weighted by Gasteiger charge is 2.24. The van der Waals surface area contributed by atoms with Gasteiger partial charge < -0.3 is 5.32 Å². The fourth-order valence-electron chi connectivity index (χ4n) is 3.29. The highest BCUT2D eigenvalue weighted by molar-refractivity contribution is 7.90. The van der Waals surface area contributed by atoms with Crippen LogP contribution in [0, 0.1) is 5.82 Å². The van der Waals surface area contributed by atoms with Crippen molar-refractivity contribution in [2.45, 2.75) is 18.0 Å². The molecule has 3 heterocycles. The van der Waals surface area contributed by atoms with E-state index in [-0.39, 0.29) is 21.7 Å². The van der Waals surface area contributed by atoms with E-state index in [9.17, 15) is 21.6 Å². The summed E-state index contributed by atoms with van der Waals surface area (Å²) in [6, 6.07) is 8.78. The van der Waals surface area contributed by atoms with E-state index in [4.69, 9.17) is 0 Å². The summed E-state index contributed by atoms with van der Waals surface area (Å²) in [6.07, 6.45) is 6.22. The van der Waals surface area contributed by atoms with Gasteiger partial charge in [-0.05, 0) is 36.9 Å². The Labute approximate surface area is 182 Å². The molecule has 4 aromatic rings. The van der Waals surface area contributed by atoms with E-state index < -0.39 is 22.4 Å². The standard InChI is InChI=1S/C21H18F3N5O2S/c1-25-8-14-6-20(18-4-2-3-5-19(18)22)29(12-14)32(30,31)17-7-15(9-26-11-17)16-10-27-28(13-16)21(23)24/h2-7,9-13,21,25H,8H2,1H3. The zero-order valence-electron chi connectivity index (χ0n) is 16.8. The van der Waals surface area contributed by atoms with E-state index in [2.05, 4.69) is 15.4 Å². The van der Waals surface area contributed by atoms with Crippen LogP contribution in [0.3, 0.4) is 0 Å². The molecule has 11 heteroatoms. The summed E-state index contributed by atoms with van der Waals surface area (Å²) in [5, 5.41) is 6.50. The van der Waals surface area contributed by atoms with Crippen molar-refractivity contribution in [2.24, 2.45) is 0 Å². The van der Waals surface area contributed by atoms with Crippen molar-refractivity contribution in [3.63, 3.8) is 0 Å². The number of rotatable bonds is 7. The summed E-state index contributed by atoms with van der Waals surface area (Å²) in [5.74, 6) is -0.565.